The van der Waals surface area contributed by atoms with Crippen LogP contribution >= 0.6 is 12.4 Å². The molecular formula is C34H49ClN6O13. The Kier molecular flexibility index (Phi) is 16.4. The van der Waals surface area contributed by atoms with Crippen LogP contribution in [0.25, 0.3) is 0 Å². The molecule has 300 valence electrons. The van der Waals surface area contributed by atoms with Crippen molar-refractivity contribution in [2.75, 3.05) is 33.8 Å². The number of carbonyl (C=O) groups excluding carboxylic acids is 6. The summed E-state index contributed by atoms with van der Waals surface area (Å²) in [4.78, 5) is 101. The molecule has 0 radical (unpaired) electrons. The highest BCUT2D eigenvalue weighted by Gasteiger charge is 2.30. The lowest BCUT2D eigenvalue weighted by Crippen LogP contribution is -2.39. The van der Waals surface area contributed by atoms with Crippen LogP contribution in [0.2, 0.25) is 0 Å². The van der Waals surface area contributed by atoms with Crippen molar-refractivity contribution in [3.63, 3.8) is 0 Å². The van der Waals surface area contributed by atoms with Crippen molar-refractivity contribution in [1.29, 1.82) is 0 Å². The Hall–Kier alpha value is -5.43. The van der Waals surface area contributed by atoms with Gasteiger partial charge in [0.1, 0.15) is 34.8 Å². The molecule has 0 bridgehead atoms. The number of aromatic amines is 2. The van der Waals surface area contributed by atoms with Crippen molar-refractivity contribution in [2.45, 2.75) is 85.6 Å². The van der Waals surface area contributed by atoms with E-state index in [0.29, 0.717) is 11.4 Å². The number of likely N-dealkylation sites (N-methyl/N-ethyl adjacent to an activating group) is 2. The van der Waals surface area contributed by atoms with Gasteiger partial charge in [-0.05, 0) is 48.5 Å². The molecule has 0 unspecified atom stereocenters. The van der Waals surface area contributed by atoms with Crippen LogP contribution in [0.5, 0.6) is 11.5 Å². The largest absolute Gasteiger partial charge is 0.507 e. The number of aromatic nitrogens is 2. The van der Waals surface area contributed by atoms with Crippen LogP contribution in [0.15, 0.2) is 9.59 Å². The number of aromatic hydroxyl groups is 2. The summed E-state index contributed by atoms with van der Waals surface area (Å²) in [6.45, 7) is 12.0. The zero-order valence-corrected chi connectivity index (χ0v) is 32.5. The number of hydrogen-bond acceptors (Lipinski definition) is 14. The number of carbonyl (C=O) groups is 6. The number of nitrogens with one attached hydrogen (secondary N) is 3. The Morgan fingerprint density at radius 1 is 0.759 bits per heavy atom. The van der Waals surface area contributed by atoms with Crippen LogP contribution in [-0.2, 0) is 59.3 Å². The van der Waals surface area contributed by atoms with Gasteiger partial charge in [0.25, 0.3) is 17.0 Å². The standard InChI is InChI=1S/C16H21N3O6.C12H14N2O5.C6H13NO2.ClH/c1-16(2,3)25-11(21)6-17-14(23)12-13(22)8-5-10(20)19(4)7-9(8)18-15(12)24;1-3-19-12(18)9-10(16)6-4-8(15)14(2)5-7(6)13-11(9)17;1-6(2,3)9-5(8)4-7;/h5-7H2,1-4H3,(H,17,23)(H2,18,22,24);3-5H2,1-2H3,(H2,13,16,17);4,7H2,1-3H3;1H. The van der Waals surface area contributed by atoms with E-state index in [1.54, 1.807) is 62.6 Å². The lowest BCUT2D eigenvalue weighted by molar-refractivity contribution is -0.154. The first-order valence-corrected chi connectivity index (χ1v) is 16.4. The number of nitrogens with zero attached hydrogens (tertiary/aromatic N) is 2. The number of pyridine rings is 2. The topological polar surface area (TPSA) is 281 Å². The predicted molar refractivity (Wildman–Crippen MR) is 194 cm³/mol. The minimum absolute atomic E-state index is 0. The summed E-state index contributed by atoms with van der Waals surface area (Å²) in [5.41, 5.74) is 2.73. The molecule has 0 aliphatic carbocycles. The summed E-state index contributed by atoms with van der Waals surface area (Å²) in [6, 6.07) is 0. The number of hydrogen-bond donors (Lipinski definition) is 6. The predicted octanol–water partition coefficient (Wildman–Crippen LogP) is 0.147. The number of rotatable bonds is 6. The van der Waals surface area contributed by atoms with Crippen molar-refractivity contribution in [1.82, 2.24) is 25.1 Å². The number of nitrogens with two attached hydrogens (primary N) is 1. The van der Waals surface area contributed by atoms with Crippen LogP contribution in [0, 0.1) is 0 Å². The molecule has 2 aliphatic rings. The van der Waals surface area contributed by atoms with Crippen molar-refractivity contribution in [3.05, 3.63) is 54.3 Å². The Morgan fingerprint density at radius 3 is 1.56 bits per heavy atom. The second-order valence-corrected chi connectivity index (χ2v) is 13.9. The lowest BCUT2D eigenvalue weighted by Gasteiger charge is -2.25. The molecule has 2 aromatic heterocycles. The van der Waals surface area contributed by atoms with Gasteiger partial charge < -0.3 is 55.2 Å². The second kappa shape index (κ2) is 19.1. The number of fused-ring (bicyclic) bond motifs is 2. The highest BCUT2D eigenvalue weighted by Crippen LogP contribution is 2.28. The highest BCUT2D eigenvalue weighted by molar-refractivity contribution is 5.99. The molecule has 0 saturated carbocycles. The van der Waals surface area contributed by atoms with Crippen LogP contribution < -0.4 is 22.2 Å². The molecule has 2 aromatic rings. The molecule has 19 nitrogen and oxygen atoms in total. The fourth-order valence-corrected chi connectivity index (χ4v) is 4.83. The molecular weight excluding hydrogens is 736 g/mol. The van der Waals surface area contributed by atoms with E-state index in [4.69, 9.17) is 19.9 Å². The van der Waals surface area contributed by atoms with Gasteiger partial charge >= 0.3 is 17.9 Å². The fraction of sp³-hybridized carbons (Fsp3) is 0.529. The zero-order valence-electron chi connectivity index (χ0n) is 31.7. The first kappa shape index (κ1) is 46.6. The molecule has 0 saturated heterocycles. The van der Waals surface area contributed by atoms with E-state index in [-0.39, 0.29) is 80.4 Å². The summed E-state index contributed by atoms with van der Waals surface area (Å²) < 4.78 is 14.6. The van der Waals surface area contributed by atoms with E-state index in [9.17, 15) is 48.6 Å². The third kappa shape index (κ3) is 12.9. The van der Waals surface area contributed by atoms with Crippen molar-refractivity contribution in [2.24, 2.45) is 5.73 Å². The van der Waals surface area contributed by atoms with Gasteiger partial charge in [0.2, 0.25) is 11.8 Å². The average Bonchev–Trinajstić information content (AvgIpc) is 3.01. The van der Waals surface area contributed by atoms with Crippen LogP contribution in [0.4, 0.5) is 0 Å². The Bertz CT molecular complexity index is 1880. The highest BCUT2D eigenvalue weighted by atomic mass is 35.5. The van der Waals surface area contributed by atoms with Crippen molar-refractivity contribution >= 4 is 48.0 Å². The SMILES string of the molecule is CC(C)(C)OC(=O)CN.CCOC(=O)c1c(O)c2c([nH]c1=O)CN(C)C(=O)C2.CN1Cc2[nH]c(=O)c(C(=O)NCC(=O)OC(C)(C)C)c(O)c2CC1=O.Cl. The Labute approximate surface area is 316 Å². The summed E-state index contributed by atoms with van der Waals surface area (Å²) >= 11 is 0. The lowest BCUT2D eigenvalue weighted by atomic mass is 10.0. The molecule has 4 rings (SSSR count). The number of ether oxygens (including phenoxy) is 3. The number of H-pyrrole nitrogens is 2. The first-order valence-electron chi connectivity index (χ1n) is 16.4. The molecule has 3 amide bonds. The van der Waals surface area contributed by atoms with Gasteiger partial charge in [0.15, 0.2) is 5.56 Å². The maximum atomic E-state index is 12.2. The second-order valence-electron chi connectivity index (χ2n) is 13.9. The van der Waals surface area contributed by atoms with Gasteiger partial charge in [0.05, 0.1) is 39.1 Å². The molecule has 2 aliphatic heterocycles. The van der Waals surface area contributed by atoms with E-state index in [1.807, 2.05) is 0 Å². The Balaban J connectivity index is 0.000000444. The quantitative estimate of drug-likeness (QED) is 0.168. The summed E-state index contributed by atoms with van der Waals surface area (Å²) in [5.74, 6) is -4.27. The molecule has 4 heterocycles. The van der Waals surface area contributed by atoms with E-state index in [2.05, 4.69) is 15.3 Å². The summed E-state index contributed by atoms with van der Waals surface area (Å²) in [7, 11) is 3.17. The average molecular weight is 785 g/mol. The smallest absolute Gasteiger partial charge is 0.347 e. The molecule has 20 heteroatoms. The summed E-state index contributed by atoms with van der Waals surface area (Å²) in [6.07, 6.45) is -0.179. The van der Waals surface area contributed by atoms with Crippen molar-refractivity contribution in [3.8, 4) is 11.5 Å². The monoisotopic (exact) mass is 784 g/mol. The maximum Gasteiger partial charge on any atom is 0.347 e. The minimum atomic E-state index is -0.918. The molecule has 0 spiro atoms. The fourth-order valence-electron chi connectivity index (χ4n) is 4.83. The number of esters is 3. The maximum absolute atomic E-state index is 12.2. The van der Waals surface area contributed by atoms with Gasteiger partial charge in [-0.2, -0.15) is 0 Å². The molecule has 54 heavy (non-hydrogen) atoms. The minimum Gasteiger partial charge on any atom is -0.507 e. The normalized spacial score (nSPS) is 13.4. The Morgan fingerprint density at radius 2 is 1.17 bits per heavy atom. The van der Waals surface area contributed by atoms with Crippen LogP contribution in [0.3, 0.4) is 0 Å². The van der Waals surface area contributed by atoms with E-state index in [0.717, 1.165) is 0 Å². The third-order valence-electron chi connectivity index (χ3n) is 7.16. The first-order chi connectivity index (χ1) is 24.4. The molecule has 0 aromatic carbocycles. The molecule has 0 atom stereocenters. The zero-order chi connectivity index (χ0) is 40.6. The van der Waals surface area contributed by atoms with Gasteiger partial charge in [-0.15, -0.1) is 12.4 Å². The van der Waals surface area contributed by atoms with Gasteiger partial charge in [-0.3, -0.25) is 33.6 Å². The van der Waals surface area contributed by atoms with Gasteiger partial charge in [-0.25, -0.2) is 4.79 Å². The van der Waals surface area contributed by atoms with E-state index in [1.165, 1.54) is 9.80 Å². The van der Waals surface area contributed by atoms with Crippen molar-refractivity contribution < 1.29 is 53.2 Å². The van der Waals surface area contributed by atoms with E-state index < -0.39 is 69.3 Å². The number of halogens is 1. The van der Waals surface area contributed by atoms with E-state index >= 15 is 0 Å². The van der Waals surface area contributed by atoms with Crippen LogP contribution in [0.1, 0.15) is 91.7 Å². The molecule has 7 N–H and O–H groups in total. The third-order valence-corrected chi connectivity index (χ3v) is 7.16. The van der Waals surface area contributed by atoms with Gasteiger partial charge in [0, 0.05) is 36.6 Å². The van der Waals surface area contributed by atoms with Crippen LogP contribution in [-0.4, -0.2) is 111 Å². The molecule has 0 fully saturated rings. The summed E-state index contributed by atoms with van der Waals surface area (Å²) in [5, 5.41) is 22.5. The number of amides is 3. The van der Waals surface area contributed by atoms with Gasteiger partial charge in [-0.1, -0.05) is 0 Å².